The van der Waals surface area contributed by atoms with Crippen molar-refractivity contribution >= 4 is 11.9 Å². The summed E-state index contributed by atoms with van der Waals surface area (Å²) in [5, 5.41) is 25.4. The van der Waals surface area contributed by atoms with Gasteiger partial charge in [0.1, 0.15) is 0 Å². The number of hydrogen-bond donors (Lipinski definition) is 3. The molecule has 0 aliphatic carbocycles. The van der Waals surface area contributed by atoms with Crippen molar-refractivity contribution in [2.45, 2.75) is 25.9 Å². The molecule has 7 heteroatoms. The molecular weight excluding hydrogens is 300 g/mol. The van der Waals surface area contributed by atoms with Gasteiger partial charge in [0.2, 0.25) is 0 Å². The van der Waals surface area contributed by atoms with Crippen molar-refractivity contribution in [3.63, 3.8) is 0 Å². The van der Waals surface area contributed by atoms with Crippen LogP contribution in [0.25, 0.3) is 11.1 Å². The van der Waals surface area contributed by atoms with Crippen molar-refractivity contribution in [3.8, 4) is 11.1 Å². The molecule has 1 aromatic heterocycles. The van der Waals surface area contributed by atoms with E-state index in [2.05, 4.69) is 10.2 Å². The predicted molar refractivity (Wildman–Crippen MR) is 82.1 cm³/mol. The Hall–Kier alpha value is -2.67. The van der Waals surface area contributed by atoms with Crippen LogP contribution in [-0.2, 0) is 20.7 Å². The lowest BCUT2D eigenvalue weighted by atomic mass is 9.93. The predicted octanol–water partition coefficient (Wildman–Crippen LogP) is 1.87. The molecule has 122 valence electrons. The molecule has 23 heavy (non-hydrogen) atoms. The van der Waals surface area contributed by atoms with E-state index in [9.17, 15) is 19.8 Å². The molecule has 0 aliphatic rings. The average molecular weight is 318 g/mol. The second kappa shape index (κ2) is 6.62. The molecule has 0 atom stereocenters. The molecule has 0 aliphatic heterocycles. The Kier molecular flexibility index (Phi) is 4.80. The molecule has 0 spiro atoms. The van der Waals surface area contributed by atoms with Gasteiger partial charge in [0.05, 0.1) is 6.20 Å². The first-order chi connectivity index (χ1) is 10.9. The average Bonchev–Trinajstić information content (AvgIpc) is 2.93. The molecule has 7 nitrogen and oxygen atoms in total. The van der Waals surface area contributed by atoms with Crippen LogP contribution in [0.2, 0.25) is 0 Å². The number of benzene rings is 1. The number of hydrogen-bond acceptors (Lipinski definition) is 4. The lowest BCUT2D eigenvalue weighted by Gasteiger charge is -2.24. The van der Waals surface area contributed by atoms with Crippen LogP contribution < -0.4 is 0 Å². The van der Waals surface area contributed by atoms with Gasteiger partial charge in [0.25, 0.3) is 5.60 Å². The molecule has 2 aromatic rings. The third-order valence-corrected chi connectivity index (χ3v) is 3.63. The van der Waals surface area contributed by atoms with Crippen molar-refractivity contribution in [1.82, 2.24) is 10.2 Å². The molecule has 0 amide bonds. The summed E-state index contributed by atoms with van der Waals surface area (Å²) < 4.78 is 5.06. The highest BCUT2D eigenvalue weighted by molar-refractivity contribution is 6.02. The minimum atomic E-state index is -2.28. The van der Waals surface area contributed by atoms with Crippen LogP contribution in [0.5, 0.6) is 0 Å². The van der Waals surface area contributed by atoms with Crippen molar-refractivity contribution < 1.29 is 24.5 Å². The molecular formula is C16H18N2O5. The van der Waals surface area contributed by atoms with Crippen LogP contribution >= 0.6 is 0 Å². The smallest absolute Gasteiger partial charge is 0.348 e. The Morgan fingerprint density at radius 3 is 2.26 bits per heavy atom. The maximum atomic E-state index is 11.4. The number of nitrogens with one attached hydrogen (secondary N) is 1. The van der Waals surface area contributed by atoms with Crippen LogP contribution in [0.4, 0.5) is 0 Å². The summed E-state index contributed by atoms with van der Waals surface area (Å²) in [6.45, 7) is 3.45. The van der Waals surface area contributed by atoms with Crippen LogP contribution in [0.1, 0.15) is 18.2 Å². The molecule has 0 saturated carbocycles. The Morgan fingerprint density at radius 1 is 1.22 bits per heavy atom. The van der Waals surface area contributed by atoms with Crippen molar-refractivity contribution in [2.75, 3.05) is 6.61 Å². The van der Waals surface area contributed by atoms with E-state index < -0.39 is 17.5 Å². The van der Waals surface area contributed by atoms with Crippen LogP contribution in [-0.4, -0.2) is 44.6 Å². The minimum absolute atomic E-state index is 0.00903. The standard InChI is InChI=1S/C16H18N2O5/c1-3-23-16(14(19)20,15(21)22)8-11-4-6-12(7-5-11)13-9-17-18-10(13)2/h4-7,9H,3,8H2,1-2H3,(H,17,18)(H,19,20)(H,21,22). The summed E-state index contributed by atoms with van der Waals surface area (Å²) in [5.41, 5.74) is 1.05. The van der Waals surface area contributed by atoms with E-state index in [4.69, 9.17) is 4.74 Å². The van der Waals surface area contributed by atoms with E-state index in [1.807, 2.05) is 6.92 Å². The van der Waals surface area contributed by atoms with Crippen molar-refractivity contribution in [2.24, 2.45) is 0 Å². The number of carboxylic acid groups (broad SMARTS) is 2. The van der Waals surface area contributed by atoms with Crippen LogP contribution in [0.15, 0.2) is 30.5 Å². The van der Waals surface area contributed by atoms with Crippen LogP contribution in [0, 0.1) is 6.92 Å². The number of carbonyl (C=O) groups is 2. The van der Waals surface area contributed by atoms with E-state index in [0.29, 0.717) is 5.56 Å². The van der Waals surface area contributed by atoms with E-state index in [-0.39, 0.29) is 13.0 Å². The van der Waals surface area contributed by atoms with Gasteiger partial charge in [-0.1, -0.05) is 24.3 Å². The van der Waals surface area contributed by atoms with Gasteiger partial charge in [-0.05, 0) is 25.0 Å². The normalized spacial score (nSPS) is 11.4. The molecule has 0 unspecified atom stereocenters. The van der Waals surface area contributed by atoms with E-state index in [1.165, 1.54) is 0 Å². The largest absolute Gasteiger partial charge is 0.479 e. The van der Waals surface area contributed by atoms with Crippen molar-refractivity contribution in [1.29, 1.82) is 0 Å². The van der Waals surface area contributed by atoms with E-state index in [0.717, 1.165) is 16.8 Å². The maximum absolute atomic E-state index is 11.4. The van der Waals surface area contributed by atoms with Gasteiger partial charge in [-0.25, -0.2) is 9.59 Å². The monoisotopic (exact) mass is 318 g/mol. The van der Waals surface area contributed by atoms with Crippen LogP contribution in [0.3, 0.4) is 0 Å². The zero-order valence-electron chi connectivity index (χ0n) is 12.9. The molecule has 1 aromatic carbocycles. The number of aromatic nitrogens is 2. The number of nitrogens with zero attached hydrogens (tertiary/aromatic N) is 1. The second-order valence-corrected chi connectivity index (χ2v) is 5.15. The van der Waals surface area contributed by atoms with Gasteiger partial charge >= 0.3 is 11.9 Å². The second-order valence-electron chi connectivity index (χ2n) is 5.15. The number of aryl methyl sites for hydroxylation is 1. The Labute approximate surface area is 132 Å². The highest BCUT2D eigenvalue weighted by atomic mass is 16.5. The summed E-state index contributed by atoms with van der Waals surface area (Å²) >= 11 is 0. The number of ether oxygens (including phenoxy) is 1. The van der Waals surface area contributed by atoms with Gasteiger partial charge in [0, 0.05) is 24.3 Å². The number of H-pyrrole nitrogens is 1. The Balaban J connectivity index is 2.29. The molecule has 0 radical (unpaired) electrons. The Bertz CT molecular complexity index is 692. The third kappa shape index (κ3) is 3.24. The molecule has 0 bridgehead atoms. The third-order valence-electron chi connectivity index (χ3n) is 3.63. The quantitative estimate of drug-likeness (QED) is 0.672. The first-order valence-corrected chi connectivity index (χ1v) is 7.10. The fourth-order valence-corrected chi connectivity index (χ4v) is 2.39. The summed E-state index contributed by atoms with van der Waals surface area (Å²) in [7, 11) is 0. The maximum Gasteiger partial charge on any atom is 0.348 e. The highest BCUT2D eigenvalue weighted by Gasteiger charge is 2.48. The lowest BCUT2D eigenvalue weighted by molar-refractivity contribution is -0.182. The Morgan fingerprint density at radius 2 is 1.83 bits per heavy atom. The van der Waals surface area contributed by atoms with Gasteiger partial charge in [0.15, 0.2) is 0 Å². The SMILES string of the molecule is CCOC(Cc1ccc(-c2cn[nH]c2C)cc1)(C(=O)O)C(=O)O. The molecule has 0 fully saturated rings. The number of aliphatic carboxylic acids is 2. The molecule has 3 N–H and O–H groups in total. The highest BCUT2D eigenvalue weighted by Crippen LogP contribution is 2.24. The summed E-state index contributed by atoms with van der Waals surface area (Å²) in [6.07, 6.45) is 1.44. The first-order valence-electron chi connectivity index (χ1n) is 7.10. The van der Waals surface area contributed by atoms with E-state index in [1.54, 1.807) is 37.4 Å². The van der Waals surface area contributed by atoms with Gasteiger partial charge in [-0.15, -0.1) is 0 Å². The zero-order chi connectivity index (χ0) is 17.0. The van der Waals surface area contributed by atoms with Crippen molar-refractivity contribution in [3.05, 3.63) is 41.7 Å². The molecule has 1 heterocycles. The number of carboxylic acids is 2. The summed E-state index contributed by atoms with van der Waals surface area (Å²) in [6, 6.07) is 6.99. The number of aromatic amines is 1. The lowest BCUT2D eigenvalue weighted by Crippen LogP contribution is -2.51. The topological polar surface area (TPSA) is 113 Å². The first kappa shape index (κ1) is 16.7. The zero-order valence-corrected chi connectivity index (χ0v) is 12.9. The molecule has 2 rings (SSSR count). The fraction of sp³-hybridized carbons (Fsp3) is 0.312. The van der Waals surface area contributed by atoms with Gasteiger partial charge in [-0.3, -0.25) is 5.10 Å². The number of rotatable bonds is 7. The van der Waals surface area contributed by atoms with E-state index >= 15 is 0 Å². The molecule has 0 saturated heterocycles. The minimum Gasteiger partial charge on any atom is -0.479 e. The fourth-order valence-electron chi connectivity index (χ4n) is 2.39. The summed E-state index contributed by atoms with van der Waals surface area (Å²) in [4.78, 5) is 22.9. The summed E-state index contributed by atoms with van der Waals surface area (Å²) in [5.74, 6) is -3.02. The van der Waals surface area contributed by atoms with Gasteiger partial charge in [-0.2, -0.15) is 5.10 Å². The van der Waals surface area contributed by atoms with Gasteiger partial charge < -0.3 is 14.9 Å².